The molecule has 1 aromatic carbocycles. The van der Waals surface area contributed by atoms with Gasteiger partial charge in [-0.25, -0.2) is 9.59 Å². The van der Waals surface area contributed by atoms with Crippen LogP contribution in [0.4, 0.5) is 5.69 Å². The molecule has 0 amide bonds. The average molecular weight is 427 g/mol. The molecule has 2 heterocycles. The van der Waals surface area contributed by atoms with E-state index in [4.69, 9.17) is 0 Å². The Labute approximate surface area is 177 Å². The number of anilines is 1. The lowest BCUT2D eigenvalue weighted by atomic mass is 10.0. The van der Waals surface area contributed by atoms with Crippen molar-refractivity contribution >= 4 is 39.4 Å². The number of aromatic nitrogens is 2. The molecule has 4 N–H and O–H groups in total. The zero-order valence-electron chi connectivity index (χ0n) is 17.4. The fraction of sp³-hybridized carbons (Fsp3) is 0.364. The van der Waals surface area contributed by atoms with Crippen molar-refractivity contribution in [2.45, 2.75) is 39.5 Å². The maximum atomic E-state index is 12.9. The number of carboxylic acids is 2. The van der Waals surface area contributed by atoms with Crippen LogP contribution in [0.25, 0.3) is 21.8 Å². The van der Waals surface area contributed by atoms with Crippen LogP contribution in [0.1, 0.15) is 60.5 Å². The minimum atomic E-state index is -1.33. The molecule has 0 bridgehead atoms. The number of carbonyl (C=O) groups is 2. The number of carboxylic acid groups (broad SMARTS) is 2. The number of nitrogens with zero attached hydrogens (tertiary/aromatic N) is 1. The Morgan fingerprint density at radius 2 is 1.35 bits per heavy atom. The molecule has 0 saturated carbocycles. The zero-order chi connectivity index (χ0) is 22.7. The van der Waals surface area contributed by atoms with Crippen molar-refractivity contribution in [1.82, 2.24) is 9.97 Å². The van der Waals surface area contributed by atoms with Gasteiger partial charge >= 0.3 is 11.9 Å². The number of aromatic carboxylic acids is 2. The molecule has 9 nitrogen and oxygen atoms in total. The van der Waals surface area contributed by atoms with E-state index in [1.165, 1.54) is 0 Å². The van der Waals surface area contributed by atoms with E-state index in [-0.39, 0.29) is 33.2 Å². The third-order valence-corrected chi connectivity index (χ3v) is 5.25. The predicted molar refractivity (Wildman–Crippen MR) is 119 cm³/mol. The third-order valence-electron chi connectivity index (χ3n) is 5.25. The van der Waals surface area contributed by atoms with Gasteiger partial charge < -0.3 is 25.1 Å². The molecule has 31 heavy (non-hydrogen) atoms. The SMILES string of the molecule is CCCCN(CCCC)c1cc2c(=O)cc(C(=O)O)[nH]c2c2c(=O)cc(C(=O)O)[nH]c12. The minimum Gasteiger partial charge on any atom is -0.477 e. The summed E-state index contributed by atoms with van der Waals surface area (Å²) in [6.07, 6.45) is 3.63. The van der Waals surface area contributed by atoms with Gasteiger partial charge in [-0.1, -0.05) is 26.7 Å². The summed E-state index contributed by atoms with van der Waals surface area (Å²) in [7, 11) is 0. The summed E-state index contributed by atoms with van der Waals surface area (Å²) in [6, 6.07) is 3.54. The fourth-order valence-electron chi connectivity index (χ4n) is 3.65. The van der Waals surface area contributed by atoms with Gasteiger partial charge in [0.05, 0.1) is 22.1 Å². The van der Waals surface area contributed by atoms with Crippen LogP contribution < -0.4 is 15.8 Å². The third kappa shape index (κ3) is 4.30. The maximum Gasteiger partial charge on any atom is 0.352 e. The van der Waals surface area contributed by atoms with Crippen LogP contribution in [0.2, 0.25) is 0 Å². The molecular formula is C22H25N3O6. The smallest absolute Gasteiger partial charge is 0.352 e. The summed E-state index contributed by atoms with van der Waals surface area (Å²) in [5.74, 6) is -2.62. The highest BCUT2D eigenvalue weighted by Gasteiger charge is 2.20. The molecular weight excluding hydrogens is 402 g/mol. The van der Waals surface area contributed by atoms with Crippen LogP contribution in [0.5, 0.6) is 0 Å². The number of aromatic amines is 2. The lowest BCUT2D eigenvalue weighted by molar-refractivity contribution is 0.0680. The molecule has 3 rings (SSSR count). The van der Waals surface area contributed by atoms with Gasteiger partial charge in [0.15, 0.2) is 10.9 Å². The second-order valence-electron chi connectivity index (χ2n) is 7.47. The molecule has 0 saturated heterocycles. The van der Waals surface area contributed by atoms with Gasteiger partial charge in [0, 0.05) is 30.6 Å². The van der Waals surface area contributed by atoms with Crippen LogP contribution in [0.3, 0.4) is 0 Å². The number of pyridine rings is 2. The molecule has 0 unspecified atom stereocenters. The molecule has 0 radical (unpaired) electrons. The molecule has 0 aliphatic carbocycles. The largest absolute Gasteiger partial charge is 0.477 e. The van der Waals surface area contributed by atoms with E-state index in [2.05, 4.69) is 23.8 Å². The fourth-order valence-corrected chi connectivity index (χ4v) is 3.65. The van der Waals surface area contributed by atoms with Crippen molar-refractivity contribution in [3.05, 3.63) is 50.0 Å². The number of unbranched alkanes of at least 4 members (excludes halogenated alkanes) is 2. The first-order chi connectivity index (χ1) is 14.8. The van der Waals surface area contributed by atoms with E-state index in [0.29, 0.717) is 18.8 Å². The highest BCUT2D eigenvalue weighted by Crippen LogP contribution is 2.30. The summed E-state index contributed by atoms with van der Waals surface area (Å²) < 4.78 is 0. The van der Waals surface area contributed by atoms with Crippen molar-refractivity contribution in [1.29, 1.82) is 0 Å². The lowest BCUT2D eigenvalue weighted by Gasteiger charge is -2.26. The van der Waals surface area contributed by atoms with Gasteiger partial charge in [-0.15, -0.1) is 0 Å². The summed E-state index contributed by atoms with van der Waals surface area (Å²) in [6.45, 7) is 5.45. The lowest BCUT2D eigenvalue weighted by Crippen LogP contribution is -2.27. The van der Waals surface area contributed by atoms with Crippen molar-refractivity contribution in [2.75, 3.05) is 18.0 Å². The number of nitrogens with one attached hydrogen (secondary N) is 2. The highest BCUT2D eigenvalue weighted by atomic mass is 16.4. The van der Waals surface area contributed by atoms with Gasteiger partial charge in [-0.2, -0.15) is 0 Å². The minimum absolute atomic E-state index is 0.0655. The number of hydrogen-bond donors (Lipinski definition) is 4. The molecule has 2 aromatic heterocycles. The Kier molecular flexibility index (Phi) is 6.43. The average Bonchev–Trinajstić information content (AvgIpc) is 2.73. The summed E-state index contributed by atoms with van der Waals surface area (Å²) in [5, 5.41) is 19.0. The zero-order valence-corrected chi connectivity index (χ0v) is 17.4. The molecule has 0 fully saturated rings. The number of benzene rings is 1. The van der Waals surface area contributed by atoms with Crippen LogP contribution in [-0.2, 0) is 0 Å². The van der Waals surface area contributed by atoms with E-state index < -0.39 is 22.8 Å². The van der Waals surface area contributed by atoms with E-state index >= 15 is 0 Å². The van der Waals surface area contributed by atoms with Crippen LogP contribution in [0, 0.1) is 0 Å². The molecule has 0 aliphatic heterocycles. The topological polar surface area (TPSA) is 144 Å². The quantitative estimate of drug-likeness (QED) is 0.384. The summed E-state index contributed by atoms with van der Waals surface area (Å²) in [4.78, 5) is 56.2. The van der Waals surface area contributed by atoms with Gasteiger partial charge in [-0.05, 0) is 18.9 Å². The summed E-state index contributed by atoms with van der Waals surface area (Å²) >= 11 is 0. The Morgan fingerprint density at radius 3 is 1.87 bits per heavy atom. The molecule has 9 heteroatoms. The highest BCUT2D eigenvalue weighted by molar-refractivity contribution is 6.11. The number of H-pyrrole nitrogens is 2. The van der Waals surface area contributed by atoms with Crippen LogP contribution in [-0.4, -0.2) is 45.2 Å². The molecule has 0 spiro atoms. The first-order valence-electron chi connectivity index (χ1n) is 10.3. The van der Waals surface area contributed by atoms with Crippen molar-refractivity contribution in [3.63, 3.8) is 0 Å². The van der Waals surface area contributed by atoms with Gasteiger partial charge in [0.1, 0.15) is 11.4 Å². The Bertz CT molecular complexity index is 1270. The van der Waals surface area contributed by atoms with Gasteiger partial charge in [0.25, 0.3) is 0 Å². The predicted octanol–water partition coefficient (Wildman–Crippen LogP) is 3.17. The Morgan fingerprint density at radius 1 is 0.839 bits per heavy atom. The van der Waals surface area contributed by atoms with Gasteiger partial charge in [-0.3, -0.25) is 9.59 Å². The number of fused-ring (bicyclic) bond motifs is 3. The van der Waals surface area contributed by atoms with Gasteiger partial charge in [0.2, 0.25) is 0 Å². The van der Waals surface area contributed by atoms with Crippen molar-refractivity contribution < 1.29 is 19.8 Å². The first-order valence-corrected chi connectivity index (χ1v) is 10.3. The monoisotopic (exact) mass is 427 g/mol. The standard InChI is InChI=1S/C22H25N3O6/c1-3-5-7-25(8-6-4-2)15-9-12-16(26)10-13(21(28)29)23-19(12)18-17(27)11-14(22(30)31)24-20(15)18/h9-11H,3-8H2,1-2H3,(H,23,26)(H,24,27)(H,28,29)(H,30,31). The number of rotatable bonds is 9. The molecule has 164 valence electrons. The van der Waals surface area contributed by atoms with E-state index in [1.54, 1.807) is 6.07 Å². The first kappa shape index (κ1) is 22.1. The van der Waals surface area contributed by atoms with E-state index in [1.807, 2.05) is 4.90 Å². The number of hydrogen-bond acceptors (Lipinski definition) is 5. The van der Waals surface area contributed by atoms with E-state index in [0.717, 1.165) is 37.8 Å². The van der Waals surface area contributed by atoms with Crippen LogP contribution in [0.15, 0.2) is 27.8 Å². The molecule has 0 atom stereocenters. The summed E-state index contributed by atoms with van der Waals surface area (Å²) in [5.41, 5.74) is -0.860. The Hall–Kier alpha value is -3.62. The Balaban J connectivity index is 2.46. The second kappa shape index (κ2) is 9.03. The van der Waals surface area contributed by atoms with Crippen LogP contribution >= 0.6 is 0 Å². The van der Waals surface area contributed by atoms with E-state index in [9.17, 15) is 29.4 Å². The van der Waals surface area contributed by atoms with Crippen molar-refractivity contribution in [2.24, 2.45) is 0 Å². The molecule has 0 aliphatic rings. The molecule has 3 aromatic rings. The normalized spacial score (nSPS) is 11.2. The second-order valence-corrected chi connectivity index (χ2v) is 7.47. The van der Waals surface area contributed by atoms with Crippen molar-refractivity contribution in [3.8, 4) is 0 Å². The maximum absolute atomic E-state index is 12.9.